The summed E-state index contributed by atoms with van der Waals surface area (Å²) in [5, 5.41) is 1.14. The number of amides is 1. The molecule has 21 heavy (non-hydrogen) atoms. The van der Waals surface area contributed by atoms with Crippen LogP contribution in [0, 0.1) is 0 Å². The van der Waals surface area contributed by atoms with Crippen LogP contribution in [0.4, 0.5) is 5.69 Å². The minimum atomic E-state index is -3.26. The lowest BCUT2D eigenvalue weighted by atomic mass is 10.2. The number of rotatable bonds is 4. The van der Waals surface area contributed by atoms with Crippen molar-refractivity contribution in [3.8, 4) is 11.5 Å². The van der Waals surface area contributed by atoms with Gasteiger partial charge in [0.1, 0.15) is 11.5 Å². The van der Waals surface area contributed by atoms with E-state index in [-0.39, 0.29) is 11.7 Å². The second kappa shape index (κ2) is 5.77. The highest BCUT2D eigenvalue weighted by atomic mass is 32.2. The van der Waals surface area contributed by atoms with E-state index in [4.69, 9.17) is 9.47 Å². The zero-order valence-corrected chi connectivity index (χ0v) is 12.9. The largest absolute Gasteiger partial charge is 0.497 e. The van der Waals surface area contributed by atoms with Crippen molar-refractivity contribution in [3.05, 3.63) is 29.7 Å². The average Bonchev–Trinajstić information content (AvgIpc) is 2.78. The van der Waals surface area contributed by atoms with E-state index in [2.05, 4.69) is 0 Å². The highest BCUT2D eigenvalue weighted by Crippen LogP contribution is 2.35. The third-order valence-corrected chi connectivity index (χ3v) is 4.61. The number of carbonyl (C=O) groups is 1. The third kappa shape index (κ3) is 3.18. The molecule has 1 amide bonds. The zero-order chi connectivity index (χ0) is 15.6. The van der Waals surface area contributed by atoms with Crippen LogP contribution in [0.3, 0.4) is 0 Å². The third-order valence-electron chi connectivity index (χ3n) is 3.23. The lowest BCUT2D eigenvalue weighted by molar-refractivity contribution is -0.116. The molecule has 1 atom stereocenters. The molecule has 1 heterocycles. The Morgan fingerprint density at radius 3 is 2.48 bits per heavy atom. The van der Waals surface area contributed by atoms with Crippen LogP contribution < -0.4 is 14.4 Å². The quantitative estimate of drug-likeness (QED) is 0.839. The summed E-state index contributed by atoms with van der Waals surface area (Å²) < 4.78 is 33.6. The lowest BCUT2D eigenvalue weighted by Crippen LogP contribution is -2.40. The number of nitrogens with zero attached hydrogens (tertiary/aromatic N) is 1. The molecule has 1 aromatic carbocycles. The lowest BCUT2D eigenvalue weighted by Gasteiger charge is -2.28. The summed E-state index contributed by atoms with van der Waals surface area (Å²) in [5.74, 6) is 0.631. The maximum absolute atomic E-state index is 12.0. The van der Waals surface area contributed by atoms with Gasteiger partial charge in [-0.15, -0.1) is 0 Å². The Kier molecular flexibility index (Phi) is 4.22. The van der Waals surface area contributed by atoms with Crippen LogP contribution in [0.5, 0.6) is 11.5 Å². The number of ether oxygens (including phenoxy) is 2. The first kappa shape index (κ1) is 15.4. The summed E-state index contributed by atoms with van der Waals surface area (Å²) in [5.41, 5.74) is 0.483. The second-order valence-corrected chi connectivity index (χ2v) is 6.58. The Bertz CT molecular complexity index is 681. The molecule has 0 saturated carbocycles. The molecule has 1 unspecified atom stereocenters. The van der Waals surface area contributed by atoms with Gasteiger partial charge in [0.2, 0.25) is 5.91 Å². The number of anilines is 1. The highest BCUT2D eigenvalue weighted by Gasteiger charge is 2.31. The molecule has 6 nitrogen and oxygen atoms in total. The molecular formula is C14H17NO5S. The molecule has 0 N–H and O–H groups in total. The van der Waals surface area contributed by atoms with Gasteiger partial charge in [-0.2, -0.15) is 0 Å². The first-order valence-corrected chi connectivity index (χ1v) is 8.02. The van der Waals surface area contributed by atoms with Gasteiger partial charge in [0.05, 0.1) is 31.7 Å². The molecule has 0 radical (unpaired) electrons. The van der Waals surface area contributed by atoms with E-state index in [1.165, 1.54) is 32.1 Å². The minimum absolute atomic E-state index is 0.132. The van der Waals surface area contributed by atoms with Crippen molar-refractivity contribution in [2.75, 3.05) is 24.9 Å². The highest BCUT2D eigenvalue weighted by molar-refractivity contribution is 7.94. The van der Waals surface area contributed by atoms with E-state index in [9.17, 15) is 13.2 Å². The monoisotopic (exact) mass is 311 g/mol. The summed E-state index contributed by atoms with van der Waals surface area (Å²) in [6.07, 6.45) is 1.51. The number of methoxy groups -OCH3 is 2. The normalized spacial score (nSPS) is 19.3. The molecule has 1 aromatic rings. The van der Waals surface area contributed by atoms with Crippen molar-refractivity contribution < 1.29 is 22.7 Å². The molecule has 0 fully saturated rings. The van der Waals surface area contributed by atoms with Crippen molar-refractivity contribution in [3.63, 3.8) is 0 Å². The van der Waals surface area contributed by atoms with Gasteiger partial charge in [0, 0.05) is 18.4 Å². The summed E-state index contributed by atoms with van der Waals surface area (Å²) in [6, 6.07) is 4.49. The van der Waals surface area contributed by atoms with Crippen molar-refractivity contribution in [2.45, 2.75) is 13.0 Å². The summed E-state index contributed by atoms with van der Waals surface area (Å²) in [6.45, 7) is 1.39. The maximum atomic E-state index is 12.0. The molecule has 2 rings (SSSR count). The fourth-order valence-electron chi connectivity index (χ4n) is 2.29. The van der Waals surface area contributed by atoms with Crippen LogP contribution in [-0.2, 0) is 14.6 Å². The molecule has 1 aliphatic rings. The number of carbonyl (C=O) groups excluding carboxylic acids is 1. The molecule has 0 saturated heterocycles. The van der Waals surface area contributed by atoms with E-state index in [0.29, 0.717) is 17.2 Å². The summed E-state index contributed by atoms with van der Waals surface area (Å²) >= 11 is 0. The molecule has 0 spiro atoms. The molecule has 1 aliphatic heterocycles. The van der Waals surface area contributed by atoms with Crippen LogP contribution in [0.2, 0.25) is 0 Å². The van der Waals surface area contributed by atoms with Crippen molar-refractivity contribution in [2.24, 2.45) is 0 Å². The van der Waals surface area contributed by atoms with Crippen molar-refractivity contribution >= 4 is 21.4 Å². The van der Waals surface area contributed by atoms with E-state index in [1.807, 2.05) is 0 Å². The SMILES string of the molecule is COc1ccc(OC)c(N(C(C)=O)C2C=CS(=O)(=O)C2)c1. The van der Waals surface area contributed by atoms with Crippen molar-refractivity contribution in [1.82, 2.24) is 0 Å². The molecule has 0 aromatic heterocycles. The Morgan fingerprint density at radius 2 is 2.00 bits per heavy atom. The van der Waals surface area contributed by atoms with Gasteiger partial charge in [0.25, 0.3) is 0 Å². The van der Waals surface area contributed by atoms with Gasteiger partial charge < -0.3 is 14.4 Å². The first-order valence-electron chi connectivity index (χ1n) is 6.30. The van der Waals surface area contributed by atoms with Gasteiger partial charge >= 0.3 is 0 Å². The minimum Gasteiger partial charge on any atom is -0.497 e. The second-order valence-electron chi connectivity index (χ2n) is 4.65. The van der Waals surface area contributed by atoms with E-state index in [0.717, 1.165) is 5.41 Å². The zero-order valence-electron chi connectivity index (χ0n) is 12.1. The number of hydrogen-bond acceptors (Lipinski definition) is 5. The molecular weight excluding hydrogens is 294 g/mol. The molecule has 0 aliphatic carbocycles. The van der Waals surface area contributed by atoms with Crippen molar-refractivity contribution in [1.29, 1.82) is 0 Å². The van der Waals surface area contributed by atoms with Crippen LogP contribution >= 0.6 is 0 Å². The first-order chi connectivity index (χ1) is 9.88. The average molecular weight is 311 g/mol. The standard InChI is InChI=1S/C14H17NO5S/c1-10(16)15(11-6-7-21(17,18)9-11)13-8-12(19-2)4-5-14(13)20-3/h4-8,11H,9H2,1-3H3. The number of benzene rings is 1. The predicted molar refractivity (Wildman–Crippen MR) is 79.4 cm³/mol. The van der Waals surface area contributed by atoms with E-state index in [1.54, 1.807) is 18.2 Å². The van der Waals surface area contributed by atoms with Gasteiger partial charge in [-0.1, -0.05) is 0 Å². The van der Waals surface area contributed by atoms with Gasteiger partial charge in [-0.25, -0.2) is 8.42 Å². The maximum Gasteiger partial charge on any atom is 0.224 e. The number of hydrogen-bond donors (Lipinski definition) is 0. The Balaban J connectivity index is 2.48. The van der Waals surface area contributed by atoms with Crippen LogP contribution in [0.25, 0.3) is 0 Å². The molecule has 0 bridgehead atoms. The predicted octanol–water partition coefficient (Wildman–Crippen LogP) is 1.37. The smallest absolute Gasteiger partial charge is 0.224 e. The number of sulfone groups is 1. The fourth-order valence-corrected chi connectivity index (χ4v) is 3.56. The Hall–Kier alpha value is -2.02. The summed E-state index contributed by atoms with van der Waals surface area (Å²) in [4.78, 5) is 13.4. The van der Waals surface area contributed by atoms with E-state index >= 15 is 0 Å². The Labute approximate surface area is 123 Å². The van der Waals surface area contributed by atoms with Gasteiger partial charge in [-0.05, 0) is 18.2 Å². The molecule has 114 valence electrons. The van der Waals surface area contributed by atoms with Gasteiger partial charge in [-0.3, -0.25) is 4.79 Å². The summed E-state index contributed by atoms with van der Waals surface area (Å²) in [7, 11) is -0.255. The van der Waals surface area contributed by atoms with E-state index < -0.39 is 15.9 Å². The van der Waals surface area contributed by atoms with Crippen LogP contribution in [0.1, 0.15) is 6.92 Å². The fraction of sp³-hybridized carbons (Fsp3) is 0.357. The van der Waals surface area contributed by atoms with Crippen LogP contribution in [0.15, 0.2) is 29.7 Å². The van der Waals surface area contributed by atoms with Gasteiger partial charge in [0.15, 0.2) is 9.84 Å². The van der Waals surface area contributed by atoms with Crippen LogP contribution in [-0.4, -0.2) is 40.3 Å². The topological polar surface area (TPSA) is 72.9 Å². The Morgan fingerprint density at radius 1 is 1.29 bits per heavy atom. The molecule has 7 heteroatoms.